The molecule has 0 atom stereocenters. The van der Waals surface area contributed by atoms with Crippen molar-refractivity contribution in [2.45, 2.75) is 26.4 Å². The topological polar surface area (TPSA) is 87.7 Å². The molecule has 0 unspecified atom stereocenters. The van der Waals surface area contributed by atoms with Crippen LogP contribution in [0.15, 0.2) is 28.9 Å². The third-order valence-corrected chi connectivity index (χ3v) is 4.96. The highest BCUT2D eigenvalue weighted by Gasteiger charge is 2.22. The Kier molecular flexibility index (Phi) is 3.91. The van der Waals surface area contributed by atoms with Gasteiger partial charge in [0, 0.05) is 43.0 Å². The van der Waals surface area contributed by atoms with E-state index in [1.54, 1.807) is 23.7 Å². The fourth-order valence-electron chi connectivity index (χ4n) is 2.84. The molecule has 8 heteroatoms. The summed E-state index contributed by atoms with van der Waals surface area (Å²) in [5, 5.41) is 3.13. The maximum atomic E-state index is 12.5. The van der Waals surface area contributed by atoms with Crippen LogP contribution in [0.25, 0.3) is 11.4 Å². The first-order chi connectivity index (χ1) is 11.7. The second-order valence-corrected chi connectivity index (χ2v) is 6.75. The molecule has 4 rings (SSSR count). The summed E-state index contributed by atoms with van der Waals surface area (Å²) in [6.07, 6.45) is 5.51. The van der Waals surface area contributed by atoms with Gasteiger partial charge in [-0.15, -0.1) is 11.3 Å². The molecule has 24 heavy (non-hydrogen) atoms. The molecular weight excluding hydrogens is 324 g/mol. The van der Waals surface area contributed by atoms with E-state index in [-0.39, 0.29) is 5.56 Å². The van der Waals surface area contributed by atoms with Crippen molar-refractivity contribution in [3.8, 4) is 11.4 Å². The zero-order valence-corrected chi connectivity index (χ0v) is 14.0. The van der Waals surface area contributed by atoms with Crippen LogP contribution in [0.2, 0.25) is 0 Å². The van der Waals surface area contributed by atoms with Crippen LogP contribution in [0.3, 0.4) is 0 Å². The van der Waals surface area contributed by atoms with Crippen LogP contribution in [-0.2, 0) is 19.5 Å². The Labute approximate surface area is 142 Å². The second kappa shape index (κ2) is 6.21. The number of nitrogens with one attached hydrogen (secondary N) is 1. The van der Waals surface area contributed by atoms with E-state index >= 15 is 0 Å². The van der Waals surface area contributed by atoms with Gasteiger partial charge < -0.3 is 4.98 Å². The fraction of sp³-hybridized carbons (Fsp3) is 0.312. The van der Waals surface area contributed by atoms with Crippen molar-refractivity contribution in [1.29, 1.82) is 0 Å². The zero-order chi connectivity index (χ0) is 16.5. The monoisotopic (exact) mass is 340 g/mol. The molecule has 0 spiro atoms. The Morgan fingerprint density at radius 1 is 1.29 bits per heavy atom. The molecule has 3 aromatic rings. The molecule has 0 amide bonds. The zero-order valence-electron chi connectivity index (χ0n) is 13.2. The smallest absolute Gasteiger partial charge is 0.255 e. The molecule has 0 fully saturated rings. The molecule has 1 aliphatic rings. The van der Waals surface area contributed by atoms with Gasteiger partial charge in [0.05, 0.1) is 23.4 Å². The largest absolute Gasteiger partial charge is 0.306 e. The van der Waals surface area contributed by atoms with E-state index in [2.05, 4.69) is 35.2 Å². The summed E-state index contributed by atoms with van der Waals surface area (Å²) in [6.45, 7) is 4.23. The van der Waals surface area contributed by atoms with Gasteiger partial charge in [-0.3, -0.25) is 9.69 Å². The van der Waals surface area contributed by atoms with E-state index in [0.717, 1.165) is 47.0 Å². The lowest BCUT2D eigenvalue weighted by Crippen LogP contribution is -2.35. The van der Waals surface area contributed by atoms with E-state index in [1.165, 1.54) is 6.33 Å². The number of hydrogen-bond acceptors (Lipinski definition) is 7. The molecule has 4 heterocycles. The molecule has 0 saturated heterocycles. The minimum atomic E-state index is -0.0844. The lowest BCUT2D eigenvalue weighted by atomic mass is 10.1. The molecule has 0 bridgehead atoms. The van der Waals surface area contributed by atoms with Crippen molar-refractivity contribution in [2.24, 2.45) is 0 Å². The van der Waals surface area contributed by atoms with Gasteiger partial charge in [0.25, 0.3) is 5.56 Å². The van der Waals surface area contributed by atoms with Crippen LogP contribution in [-0.4, -0.2) is 36.4 Å². The highest BCUT2D eigenvalue weighted by molar-refractivity contribution is 7.09. The third-order valence-electron chi connectivity index (χ3n) is 4.01. The van der Waals surface area contributed by atoms with Crippen LogP contribution >= 0.6 is 11.3 Å². The summed E-state index contributed by atoms with van der Waals surface area (Å²) in [5.41, 5.74) is 3.29. The molecule has 1 N–H and O–H groups in total. The predicted molar refractivity (Wildman–Crippen MR) is 90.6 cm³/mol. The molecule has 3 aromatic heterocycles. The van der Waals surface area contributed by atoms with Crippen LogP contribution in [0.1, 0.15) is 22.0 Å². The second-order valence-electron chi connectivity index (χ2n) is 5.81. The molecule has 0 aliphatic carbocycles. The quantitative estimate of drug-likeness (QED) is 0.778. The van der Waals surface area contributed by atoms with Gasteiger partial charge in [-0.05, 0) is 6.92 Å². The maximum Gasteiger partial charge on any atom is 0.255 e. The third kappa shape index (κ3) is 2.98. The van der Waals surface area contributed by atoms with Gasteiger partial charge >= 0.3 is 0 Å². The molecule has 0 aromatic carbocycles. The number of nitrogens with zero attached hydrogens (tertiary/aromatic N) is 5. The standard InChI is InChI=1S/C16H16N6OS/c1-10-8-24-14(19-10)7-22-3-2-13-12(6-22)16(23)21-15(20-13)11-4-17-9-18-5-11/h4-5,8-9H,2-3,6-7H2,1H3,(H,20,21,23). The summed E-state index contributed by atoms with van der Waals surface area (Å²) in [5.74, 6) is 0.531. The Bertz CT molecular complexity index is 920. The van der Waals surface area contributed by atoms with Gasteiger partial charge in [-0.1, -0.05) is 0 Å². The van der Waals surface area contributed by atoms with E-state index in [0.29, 0.717) is 12.4 Å². The normalized spacial score (nSPS) is 14.5. The highest BCUT2D eigenvalue weighted by Crippen LogP contribution is 2.20. The summed E-state index contributed by atoms with van der Waals surface area (Å²) in [7, 11) is 0. The lowest BCUT2D eigenvalue weighted by Gasteiger charge is -2.26. The molecule has 0 saturated carbocycles. The van der Waals surface area contributed by atoms with Gasteiger partial charge in [0.15, 0.2) is 0 Å². The molecule has 7 nitrogen and oxygen atoms in total. The van der Waals surface area contributed by atoms with Gasteiger partial charge in [-0.25, -0.2) is 19.9 Å². The first-order valence-corrected chi connectivity index (χ1v) is 8.58. The van der Waals surface area contributed by atoms with Crippen molar-refractivity contribution in [3.63, 3.8) is 0 Å². The Hall–Kier alpha value is -2.45. The maximum absolute atomic E-state index is 12.5. The molecule has 122 valence electrons. The van der Waals surface area contributed by atoms with Crippen molar-refractivity contribution in [2.75, 3.05) is 6.54 Å². The SMILES string of the molecule is Cc1csc(CN2CCc3nc(-c4cncnc4)[nH]c(=O)c3C2)n1. The Morgan fingerprint density at radius 3 is 2.88 bits per heavy atom. The van der Waals surface area contributed by atoms with Crippen molar-refractivity contribution in [1.82, 2.24) is 29.8 Å². The minimum Gasteiger partial charge on any atom is -0.306 e. The Morgan fingerprint density at radius 2 is 2.12 bits per heavy atom. The number of hydrogen-bond donors (Lipinski definition) is 1. The van der Waals surface area contributed by atoms with E-state index < -0.39 is 0 Å². The van der Waals surface area contributed by atoms with Crippen LogP contribution in [0, 0.1) is 6.92 Å². The van der Waals surface area contributed by atoms with Crippen molar-refractivity contribution >= 4 is 11.3 Å². The summed E-state index contributed by atoms with van der Waals surface area (Å²) >= 11 is 1.66. The summed E-state index contributed by atoms with van der Waals surface area (Å²) < 4.78 is 0. The van der Waals surface area contributed by atoms with Gasteiger partial charge in [-0.2, -0.15) is 0 Å². The van der Waals surface area contributed by atoms with Crippen LogP contribution < -0.4 is 5.56 Å². The van der Waals surface area contributed by atoms with E-state index in [9.17, 15) is 4.79 Å². The first-order valence-electron chi connectivity index (χ1n) is 7.70. The average Bonchev–Trinajstić information content (AvgIpc) is 3.01. The number of aromatic amines is 1. The first kappa shape index (κ1) is 15.1. The number of aromatic nitrogens is 5. The Balaban J connectivity index is 1.59. The number of rotatable bonds is 3. The van der Waals surface area contributed by atoms with Crippen molar-refractivity contribution in [3.05, 3.63) is 56.4 Å². The molecule has 1 aliphatic heterocycles. The fourth-order valence-corrected chi connectivity index (χ4v) is 3.65. The molecule has 0 radical (unpaired) electrons. The van der Waals surface area contributed by atoms with E-state index in [4.69, 9.17) is 0 Å². The molecular formula is C16H16N6OS. The van der Waals surface area contributed by atoms with Crippen LogP contribution in [0.5, 0.6) is 0 Å². The van der Waals surface area contributed by atoms with Gasteiger partial charge in [0.1, 0.15) is 17.2 Å². The average molecular weight is 340 g/mol. The number of H-pyrrole nitrogens is 1. The summed E-state index contributed by atoms with van der Waals surface area (Å²) in [6, 6.07) is 0. The van der Waals surface area contributed by atoms with E-state index in [1.807, 2.05) is 6.92 Å². The minimum absolute atomic E-state index is 0.0844. The number of fused-ring (bicyclic) bond motifs is 1. The van der Waals surface area contributed by atoms with Crippen LogP contribution in [0.4, 0.5) is 0 Å². The number of thiazole rings is 1. The summed E-state index contributed by atoms with van der Waals surface area (Å²) in [4.78, 5) is 34.6. The highest BCUT2D eigenvalue weighted by atomic mass is 32.1. The van der Waals surface area contributed by atoms with Gasteiger partial charge in [0.2, 0.25) is 0 Å². The number of aryl methyl sites for hydroxylation is 1. The predicted octanol–water partition coefficient (Wildman–Crippen LogP) is 1.55. The van der Waals surface area contributed by atoms with Crippen molar-refractivity contribution < 1.29 is 0 Å². The lowest BCUT2D eigenvalue weighted by molar-refractivity contribution is 0.241.